The van der Waals surface area contributed by atoms with Crippen LogP contribution in [0.1, 0.15) is 25.5 Å². The maximum Gasteiger partial charge on any atom is 0.263 e. The topological polar surface area (TPSA) is 114 Å². The number of aryl methyl sites for hydroxylation is 1. The minimum Gasteiger partial charge on any atom is -0.390 e. The Kier molecular flexibility index (Phi) is 4.24. The van der Waals surface area contributed by atoms with Crippen LogP contribution in [-0.2, 0) is 9.53 Å². The zero-order valence-corrected chi connectivity index (χ0v) is 16.0. The summed E-state index contributed by atoms with van der Waals surface area (Å²) in [7, 11) is 0. The van der Waals surface area contributed by atoms with Gasteiger partial charge in [-0.3, -0.25) is 4.79 Å². The summed E-state index contributed by atoms with van der Waals surface area (Å²) in [4.78, 5) is 23.4. The van der Waals surface area contributed by atoms with Crippen molar-refractivity contribution in [2.75, 3.05) is 24.5 Å². The van der Waals surface area contributed by atoms with Crippen molar-refractivity contribution in [3.63, 3.8) is 0 Å². The first-order valence-corrected chi connectivity index (χ1v) is 10.0. The van der Waals surface area contributed by atoms with Gasteiger partial charge in [0.15, 0.2) is 0 Å². The molecule has 6 atom stereocenters. The molecule has 3 fully saturated rings. The Morgan fingerprint density at radius 1 is 1.36 bits per heavy atom. The molecule has 9 heteroatoms. The number of aromatic nitrogens is 3. The van der Waals surface area contributed by atoms with E-state index in [0.717, 1.165) is 23.3 Å². The highest BCUT2D eigenvalue weighted by Gasteiger charge is 2.58. The lowest BCUT2D eigenvalue weighted by molar-refractivity contribution is -0.140. The lowest BCUT2D eigenvalue weighted by Gasteiger charge is -2.36. The van der Waals surface area contributed by atoms with Gasteiger partial charge < -0.3 is 24.6 Å². The number of carbonyl (C=O) groups excluding carboxylic acids is 1. The van der Waals surface area contributed by atoms with Crippen LogP contribution < -0.4 is 10.2 Å². The summed E-state index contributed by atoms with van der Waals surface area (Å²) >= 11 is 0. The second-order valence-corrected chi connectivity index (χ2v) is 8.14. The Morgan fingerprint density at radius 3 is 3.00 bits per heavy atom. The SMILES string of the molecule is CCCNC(=O)C1C[C@@H]2O[C@H]1[C@H]1CN(c3ncnc4onc(C)c34)C[C@H]1[C@@H]2O. The molecular formula is C19H25N5O4. The van der Waals surface area contributed by atoms with Crippen molar-refractivity contribution in [1.82, 2.24) is 20.4 Å². The first-order chi connectivity index (χ1) is 13.6. The van der Waals surface area contributed by atoms with Crippen LogP contribution in [0, 0.1) is 24.7 Å². The Morgan fingerprint density at radius 2 is 2.18 bits per heavy atom. The molecule has 0 radical (unpaired) electrons. The van der Waals surface area contributed by atoms with Gasteiger partial charge in [0.05, 0.1) is 29.9 Å². The van der Waals surface area contributed by atoms with Crippen LogP contribution in [0.5, 0.6) is 0 Å². The zero-order valence-electron chi connectivity index (χ0n) is 16.0. The molecule has 5 heterocycles. The first-order valence-electron chi connectivity index (χ1n) is 10.0. The fraction of sp³-hybridized carbons (Fsp3) is 0.684. The Hall–Kier alpha value is -2.26. The van der Waals surface area contributed by atoms with Gasteiger partial charge in [0.25, 0.3) is 5.71 Å². The molecule has 0 saturated carbocycles. The molecule has 2 bridgehead atoms. The average molecular weight is 387 g/mol. The molecule has 2 aromatic heterocycles. The van der Waals surface area contributed by atoms with Crippen LogP contribution in [0.3, 0.4) is 0 Å². The van der Waals surface area contributed by atoms with E-state index in [-0.39, 0.29) is 35.9 Å². The Labute approximate surface area is 162 Å². The highest BCUT2D eigenvalue weighted by Crippen LogP contribution is 2.48. The molecule has 1 unspecified atom stereocenters. The number of ether oxygens (including phenoxy) is 1. The monoisotopic (exact) mass is 387 g/mol. The van der Waals surface area contributed by atoms with E-state index in [1.54, 1.807) is 0 Å². The highest BCUT2D eigenvalue weighted by atomic mass is 16.5. The van der Waals surface area contributed by atoms with E-state index >= 15 is 0 Å². The maximum atomic E-state index is 12.7. The standard InChI is InChI=1S/C19H25N5O4/c1-3-4-20-18(26)10-5-13-15(25)11-6-24(7-12(11)16(10)27-13)17-14-9(2)23-28-19(14)22-8-21-17/h8,10-13,15-16,25H,3-7H2,1-2H3,(H,20,26)/t10?,11-,12+,13+,15+,16-/m1/s1. The van der Waals surface area contributed by atoms with Crippen molar-refractivity contribution < 1.29 is 19.2 Å². The summed E-state index contributed by atoms with van der Waals surface area (Å²) in [6, 6.07) is 0. The molecular weight excluding hydrogens is 362 g/mol. The van der Waals surface area contributed by atoms with Gasteiger partial charge in [-0.25, -0.2) is 4.98 Å². The van der Waals surface area contributed by atoms with Gasteiger partial charge in [-0.1, -0.05) is 12.1 Å². The number of aliphatic hydroxyl groups excluding tert-OH is 1. The number of carbonyl (C=O) groups is 1. The van der Waals surface area contributed by atoms with Crippen LogP contribution in [-0.4, -0.2) is 64.1 Å². The van der Waals surface area contributed by atoms with Crippen molar-refractivity contribution in [1.29, 1.82) is 0 Å². The third kappa shape index (κ3) is 2.60. The van der Waals surface area contributed by atoms with Crippen LogP contribution in [0.2, 0.25) is 0 Å². The van der Waals surface area contributed by atoms with E-state index in [2.05, 4.69) is 25.3 Å². The number of hydrogen-bond acceptors (Lipinski definition) is 8. The van der Waals surface area contributed by atoms with E-state index in [4.69, 9.17) is 9.26 Å². The van der Waals surface area contributed by atoms with Crippen molar-refractivity contribution in [2.24, 2.45) is 17.8 Å². The highest BCUT2D eigenvalue weighted by molar-refractivity contribution is 5.88. The summed E-state index contributed by atoms with van der Waals surface area (Å²) in [5.74, 6) is 0.742. The van der Waals surface area contributed by atoms with Crippen LogP contribution in [0.25, 0.3) is 11.1 Å². The molecule has 0 spiro atoms. The molecule has 0 aromatic carbocycles. The largest absolute Gasteiger partial charge is 0.390 e. The number of nitrogens with one attached hydrogen (secondary N) is 1. The van der Waals surface area contributed by atoms with Gasteiger partial charge in [0.2, 0.25) is 5.91 Å². The number of amides is 1. The van der Waals surface area contributed by atoms with E-state index in [9.17, 15) is 9.90 Å². The van der Waals surface area contributed by atoms with Crippen LogP contribution >= 0.6 is 0 Å². The molecule has 150 valence electrons. The summed E-state index contributed by atoms with van der Waals surface area (Å²) in [6.45, 7) is 5.92. The molecule has 3 saturated heterocycles. The molecule has 28 heavy (non-hydrogen) atoms. The lowest BCUT2D eigenvalue weighted by Crippen LogP contribution is -2.47. The predicted octanol–water partition coefficient (Wildman–Crippen LogP) is 0.653. The lowest BCUT2D eigenvalue weighted by atomic mass is 9.83. The summed E-state index contributed by atoms with van der Waals surface area (Å²) in [5.41, 5.74) is 1.21. The molecule has 2 aromatic rings. The first kappa shape index (κ1) is 17.8. The molecule has 1 amide bonds. The van der Waals surface area contributed by atoms with Crippen molar-refractivity contribution in [3.8, 4) is 0 Å². The number of anilines is 1. The van der Waals surface area contributed by atoms with Gasteiger partial charge >= 0.3 is 0 Å². The van der Waals surface area contributed by atoms with Crippen molar-refractivity contribution in [3.05, 3.63) is 12.0 Å². The van der Waals surface area contributed by atoms with Crippen molar-refractivity contribution >= 4 is 22.8 Å². The second kappa shape index (κ2) is 6.66. The number of nitrogens with zero attached hydrogens (tertiary/aromatic N) is 4. The average Bonchev–Trinajstić information content (AvgIpc) is 3.40. The van der Waals surface area contributed by atoms with Gasteiger partial charge in [0, 0.05) is 31.5 Å². The number of fused-ring (bicyclic) bond motifs is 5. The molecule has 2 N–H and O–H groups in total. The van der Waals surface area contributed by atoms with Crippen molar-refractivity contribution in [2.45, 2.75) is 45.0 Å². The Balaban J connectivity index is 1.43. The van der Waals surface area contributed by atoms with Gasteiger partial charge in [-0.05, 0) is 19.8 Å². The van der Waals surface area contributed by atoms with Gasteiger partial charge in [0.1, 0.15) is 17.5 Å². The van der Waals surface area contributed by atoms with Crippen LogP contribution in [0.15, 0.2) is 10.9 Å². The normalized spacial score (nSPS) is 34.0. The minimum atomic E-state index is -0.573. The zero-order chi connectivity index (χ0) is 19.4. The maximum absolute atomic E-state index is 12.7. The number of rotatable bonds is 4. The molecule has 3 aliphatic rings. The van der Waals surface area contributed by atoms with E-state index < -0.39 is 6.10 Å². The molecule has 3 aliphatic heterocycles. The Bertz CT molecular complexity index is 902. The summed E-state index contributed by atoms with van der Waals surface area (Å²) in [6.07, 6.45) is 1.96. The van der Waals surface area contributed by atoms with Crippen LogP contribution in [0.4, 0.5) is 5.82 Å². The fourth-order valence-electron chi connectivity index (χ4n) is 5.15. The molecule has 5 rings (SSSR count). The summed E-state index contributed by atoms with van der Waals surface area (Å²) < 4.78 is 11.4. The van der Waals surface area contributed by atoms with E-state index in [1.165, 1.54) is 6.33 Å². The van der Waals surface area contributed by atoms with E-state index in [1.807, 2.05) is 13.8 Å². The van der Waals surface area contributed by atoms with E-state index in [0.29, 0.717) is 31.8 Å². The smallest absolute Gasteiger partial charge is 0.263 e. The third-order valence-electron chi connectivity index (χ3n) is 6.48. The molecule has 0 aliphatic carbocycles. The van der Waals surface area contributed by atoms with Gasteiger partial charge in [-0.2, -0.15) is 4.98 Å². The summed E-state index contributed by atoms with van der Waals surface area (Å²) in [5, 5.41) is 18.7. The quantitative estimate of drug-likeness (QED) is 0.786. The van der Waals surface area contributed by atoms with Gasteiger partial charge in [-0.15, -0.1) is 0 Å². The predicted molar refractivity (Wildman–Crippen MR) is 99.6 cm³/mol. The third-order valence-corrected chi connectivity index (χ3v) is 6.48. The fourth-order valence-corrected chi connectivity index (χ4v) is 5.15. The number of hydrogen-bond donors (Lipinski definition) is 2. The minimum absolute atomic E-state index is 0.0416. The molecule has 9 nitrogen and oxygen atoms in total. The number of aliphatic hydroxyl groups is 1. The second-order valence-electron chi connectivity index (χ2n) is 8.14.